The van der Waals surface area contributed by atoms with E-state index in [1.54, 1.807) is 41.3 Å². The molecule has 1 aliphatic rings. The Bertz CT molecular complexity index is 673. The van der Waals surface area contributed by atoms with Crippen molar-refractivity contribution in [2.24, 2.45) is 5.92 Å². The molecular formula is C18H16BClN2O2. The monoisotopic (exact) mass is 338 g/mol. The molecule has 0 N–H and O–H groups in total. The topological polar surface area (TPSA) is 50.3 Å². The van der Waals surface area contributed by atoms with E-state index in [1.165, 1.54) is 6.20 Å². The summed E-state index contributed by atoms with van der Waals surface area (Å²) in [5.74, 6) is -0.00687. The number of amides is 1. The van der Waals surface area contributed by atoms with Crippen molar-refractivity contribution >= 4 is 36.7 Å². The molecule has 2 radical (unpaired) electrons. The fraction of sp³-hybridized carbons (Fsp3) is 0.278. The summed E-state index contributed by atoms with van der Waals surface area (Å²) in [6, 6.07) is 10.2. The van der Waals surface area contributed by atoms with E-state index in [0.717, 1.165) is 0 Å². The maximum atomic E-state index is 12.5. The molecule has 0 spiro atoms. The first-order valence-electron chi connectivity index (χ1n) is 7.85. The average Bonchev–Trinajstić information content (AvgIpc) is 2.62. The number of benzene rings is 1. The van der Waals surface area contributed by atoms with Crippen molar-refractivity contribution in [2.75, 3.05) is 13.1 Å². The number of halogens is 1. The molecule has 3 rings (SSSR count). The zero-order valence-corrected chi connectivity index (χ0v) is 13.9. The van der Waals surface area contributed by atoms with Crippen molar-refractivity contribution in [3.05, 3.63) is 58.7 Å². The standard InChI is InChI=1S/C18H16BClN2O2/c19-16-6-3-14(11-21-16)18(24)22-9-7-13(8-10-22)17(23)12-1-4-15(20)5-2-12/h1-6,11,13H,7-10H2. The first kappa shape index (κ1) is 16.7. The number of likely N-dealkylation sites (tertiary alicyclic amines) is 1. The van der Waals surface area contributed by atoms with E-state index in [0.29, 0.717) is 47.7 Å². The van der Waals surface area contributed by atoms with E-state index in [-0.39, 0.29) is 17.6 Å². The number of rotatable bonds is 3. The third kappa shape index (κ3) is 3.67. The van der Waals surface area contributed by atoms with Crippen molar-refractivity contribution in [3.63, 3.8) is 0 Å². The number of carbonyl (C=O) groups excluding carboxylic acids is 2. The van der Waals surface area contributed by atoms with E-state index >= 15 is 0 Å². The lowest BCUT2D eigenvalue weighted by molar-refractivity contribution is 0.0650. The number of ketones is 1. The molecule has 1 aromatic heterocycles. The highest BCUT2D eigenvalue weighted by Gasteiger charge is 2.28. The fourth-order valence-electron chi connectivity index (χ4n) is 2.91. The zero-order chi connectivity index (χ0) is 17.1. The molecule has 1 aromatic carbocycles. The first-order chi connectivity index (χ1) is 11.5. The summed E-state index contributed by atoms with van der Waals surface area (Å²) in [6.07, 6.45) is 2.81. The Kier molecular flexibility index (Phi) is 5.00. The molecule has 6 heteroatoms. The Balaban J connectivity index is 1.61. The van der Waals surface area contributed by atoms with Gasteiger partial charge in [-0.2, -0.15) is 0 Å². The molecular weight excluding hydrogens is 322 g/mol. The number of carbonyl (C=O) groups is 2. The van der Waals surface area contributed by atoms with Gasteiger partial charge in [-0.1, -0.05) is 17.7 Å². The van der Waals surface area contributed by atoms with Crippen LogP contribution in [0.25, 0.3) is 0 Å². The van der Waals surface area contributed by atoms with Gasteiger partial charge < -0.3 is 4.90 Å². The minimum atomic E-state index is -0.0695. The first-order valence-corrected chi connectivity index (χ1v) is 8.23. The molecule has 1 fully saturated rings. The fourth-order valence-corrected chi connectivity index (χ4v) is 3.03. The highest BCUT2D eigenvalue weighted by Crippen LogP contribution is 2.23. The van der Waals surface area contributed by atoms with Gasteiger partial charge in [0.05, 0.1) is 5.56 Å². The lowest BCUT2D eigenvalue weighted by Gasteiger charge is -2.31. The summed E-state index contributed by atoms with van der Waals surface area (Å²) < 4.78 is 0. The number of hydrogen-bond donors (Lipinski definition) is 0. The van der Waals surface area contributed by atoms with Crippen molar-refractivity contribution < 1.29 is 9.59 Å². The Morgan fingerprint density at radius 2 is 1.67 bits per heavy atom. The van der Waals surface area contributed by atoms with Gasteiger partial charge in [-0.25, -0.2) is 0 Å². The average molecular weight is 339 g/mol. The second-order valence-electron chi connectivity index (χ2n) is 5.91. The van der Waals surface area contributed by atoms with Gasteiger partial charge in [0.1, 0.15) is 7.85 Å². The van der Waals surface area contributed by atoms with Crippen LogP contribution in [0, 0.1) is 5.92 Å². The second-order valence-corrected chi connectivity index (χ2v) is 6.35. The van der Waals surface area contributed by atoms with Gasteiger partial charge in [0.25, 0.3) is 5.91 Å². The highest BCUT2D eigenvalue weighted by atomic mass is 35.5. The van der Waals surface area contributed by atoms with E-state index < -0.39 is 0 Å². The summed E-state index contributed by atoms with van der Waals surface area (Å²) >= 11 is 5.86. The summed E-state index contributed by atoms with van der Waals surface area (Å²) in [6.45, 7) is 1.13. The van der Waals surface area contributed by atoms with Gasteiger partial charge in [0.15, 0.2) is 5.78 Å². The molecule has 1 saturated heterocycles. The van der Waals surface area contributed by atoms with Crippen molar-refractivity contribution in [1.29, 1.82) is 0 Å². The molecule has 2 heterocycles. The lowest BCUT2D eigenvalue weighted by Crippen LogP contribution is -2.40. The predicted molar refractivity (Wildman–Crippen MR) is 94.0 cm³/mol. The highest BCUT2D eigenvalue weighted by molar-refractivity contribution is 6.31. The van der Waals surface area contributed by atoms with Crippen LogP contribution in [0.2, 0.25) is 5.02 Å². The SMILES string of the molecule is [B]c1ccc(C(=O)N2CCC(C(=O)c3ccc(Cl)cc3)CC2)cn1. The van der Waals surface area contributed by atoms with E-state index in [2.05, 4.69) is 4.98 Å². The number of piperidine rings is 1. The Hall–Kier alpha value is -2.14. The third-order valence-corrected chi connectivity index (χ3v) is 4.57. The number of nitrogens with zero attached hydrogens (tertiary/aromatic N) is 2. The van der Waals surface area contributed by atoms with Crippen LogP contribution in [-0.2, 0) is 0 Å². The van der Waals surface area contributed by atoms with Crippen molar-refractivity contribution in [2.45, 2.75) is 12.8 Å². The van der Waals surface area contributed by atoms with Gasteiger partial charge in [-0.3, -0.25) is 14.6 Å². The molecule has 1 aliphatic heterocycles. The molecule has 0 unspecified atom stereocenters. The third-order valence-electron chi connectivity index (χ3n) is 4.32. The quantitative estimate of drug-likeness (QED) is 0.637. The normalized spacial score (nSPS) is 15.3. The summed E-state index contributed by atoms with van der Waals surface area (Å²) in [5.41, 5.74) is 1.58. The molecule has 0 bridgehead atoms. The zero-order valence-electron chi connectivity index (χ0n) is 13.1. The number of Topliss-reactive ketones (excluding diaryl/α,β-unsaturated/α-hetero) is 1. The van der Waals surface area contributed by atoms with Crippen LogP contribution in [0.3, 0.4) is 0 Å². The van der Waals surface area contributed by atoms with Gasteiger partial charge in [0.2, 0.25) is 0 Å². The van der Waals surface area contributed by atoms with Crippen LogP contribution < -0.4 is 5.59 Å². The van der Waals surface area contributed by atoms with E-state index in [9.17, 15) is 9.59 Å². The van der Waals surface area contributed by atoms with Gasteiger partial charge in [-0.15, -0.1) is 0 Å². The second kappa shape index (κ2) is 7.18. The molecule has 2 aromatic rings. The van der Waals surface area contributed by atoms with E-state index in [1.807, 2.05) is 0 Å². The Labute approximate surface area is 147 Å². The Morgan fingerprint density at radius 3 is 2.25 bits per heavy atom. The predicted octanol–water partition coefficient (Wildman–Crippen LogP) is 2.26. The summed E-state index contributed by atoms with van der Waals surface area (Å²) in [5, 5.41) is 0.615. The maximum absolute atomic E-state index is 12.5. The lowest BCUT2D eigenvalue weighted by atomic mass is 9.88. The van der Waals surface area contributed by atoms with Crippen molar-refractivity contribution in [3.8, 4) is 0 Å². The molecule has 120 valence electrons. The van der Waals surface area contributed by atoms with Gasteiger partial charge in [0, 0.05) is 35.8 Å². The molecule has 0 atom stereocenters. The number of pyridine rings is 1. The molecule has 24 heavy (non-hydrogen) atoms. The van der Waals surface area contributed by atoms with Crippen LogP contribution in [0.5, 0.6) is 0 Å². The molecule has 0 aliphatic carbocycles. The molecule has 4 nitrogen and oxygen atoms in total. The van der Waals surface area contributed by atoms with Crippen LogP contribution in [0.1, 0.15) is 33.6 Å². The number of aromatic nitrogens is 1. The molecule has 1 amide bonds. The van der Waals surface area contributed by atoms with Gasteiger partial charge >= 0.3 is 0 Å². The van der Waals surface area contributed by atoms with Crippen LogP contribution >= 0.6 is 11.6 Å². The minimum absolute atomic E-state index is 0.0558. The Morgan fingerprint density at radius 1 is 1.04 bits per heavy atom. The van der Waals surface area contributed by atoms with Crippen LogP contribution in [0.15, 0.2) is 42.6 Å². The van der Waals surface area contributed by atoms with E-state index in [4.69, 9.17) is 19.4 Å². The van der Waals surface area contributed by atoms with Crippen molar-refractivity contribution in [1.82, 2.24) is 9.88 Å². The minimum Gasteiger partial charge on any atom is -0.339 e. The largest absolute Gasteiger partial charge is 0.339 e. The van der Waals surface area contributed by atoms with Crippen LogP contribution in [0.4, 0.5) is 0 Å². The summed E-state index contributed by atoms with van der Waals surface area (Å²) in [4.78, 5) is 30.7. The van der Waals surface area contributed by atoms with Crippen LogP contribution in [-0.4, -0.2) is 42.5 Å². The smallest absolute Gasteiger partial charge is 0.255 e. The van der Waals surface area contributed by atoms with Gasteiger partial charge in [-0.05, 0) is 48.8 Å². The number of hydrogen-bond acceptors (Lipinski definition) is 3. The maximum Gasteiger partial charge on any atom is 0.255 e. The summed E-state index contributed by atoms with van der Waals surface area (Å²) in [7, 11) is 5.54. The molecule has 0 saturated carbocycles.